The average Bonchev–Trinajstić information content (AvgIpc) is 2.67. The van der Waals surface area contributed by atoms with Gasteiger partial charge in [-0.15, -0.1) is 0 Å². The number of carbonyl (C=O) groups excluding carboxylic acids is 1. The molecule has 0 radical (unpaired) electrons. The van der Waals surface area contributed by atoms with Crippen molar-refractivity contribution in [2.24, 2.45) is 0 Å². The van der Waals surface area contributed by atoms with Gasteiger partial charge in [-0.3, -0.25) is 4.90 Å². The highest BCUT2D eigenvalue weighted by atomic mass is 35.5. The lowest BCUT2D eigenvalue weighted by Gasteiger charge is -2.34. The van der Waals surface area contributed by atoms with Crippen LogP contribution in [0.2, 0.25) is 5.02 Å². The van der Waals surface area contributed by atoms with Crippen molar-refractivity contribution in [3.8, 4) is 5.75 Å². The highest BCUT2D eigenvalue weighted by molar-refractivity contribution is 6.30. The maximum absolute atomic E-state index is 12.4. The molecule has 2 aromatic carbocycles. The van der Waals surface area contributed by atoms with Gasteiger partial charge in [0.1, 0.15) is 5.75 Å². The molecule has 1 heterocycles. The second kappa shape index (κ2) is 8.92. The van der Waals surface area contributed by atoms with E-state index in [1.165, 1.54) is 5.56 Å². The topological polar surface area (TPSA) is 44.8 Å². The second-order valence-electron chi connectivity index (χ2n) is 6.37. The largest absolute Gasteiger partial charge is 0.497 e. The van der Waals surface area contributed by atoms with Crippen LogP contribution in [0.1, 0.15) is 5.56 Å². The molecular formula is C20H24ClN3O2. The van der Waals surface area contributed by atoms with Crippen LogP contribution < -0.4 is 10.1 Å². The molecule has 2 amide bonds. The Morgan fingerprint density at radius 1 is 1.12 bits per heavy atom. The lowest BCUT2D eigenvalue weighted by molar-refractivity contribution is 0.148. The fourth-order valence-electron chi connectivity index (χ4n) is 3.02. The van der Waals surface area contributed by atoms with E-state index in [-0.39, 0.29) is 6.03 Å². The molecule has 0 unspecified atom stereocenters. The predicted octanol–water partition coefficient (Wildman–Crippen LogP) is 3.74. The molecular weight excluding hydrogens is 350 g/mol. The summed E-state index contributed by atoms with van der Waals surface area (Å²) in [6.45, 7) is 4.23. The summed E-state index contributed by atoms with van der Waals surface area (Å²) in [4.78, 5) is 16.6. The van der Waals surface area contributed by atoms with Gasteiger partial charge in [0.25, 0.3) is 0 Å². The number of piperazine rings is 1. The van der Waals surface area contributed by atoms with E-state index in [4.69, 9.17) is 16.3 Å². The Balaban J connectivity index is 1.42. The molecule has 0 atom stereocenters. The quantitative estimate of drug-likeness (QED) is 0.868. The first-order valence-corrected chi connectivity index (χ1v) is 9.18. The molecule has 0 bridgehead atoms. The minimum absolute atomic E-state index is 0.0675. The van der Waals surface area contributed by atoms with Gasteiger partial charge in [0.2, 0.25) is 0 Å². The van der Waals surface area contributed by atoms with Gasteiger partial charge in [-0.2, -0.15) is 0 Å². The summed E-state index contributed by atoms with van der Waals surface area (Å²) in [5.41, 5.74) is 2.02. The van der Waals surface area contributed by atoms with Crippen molar-refractivity contribution in [3.05, 3.63) is 59.1 Å². The molecule has 1 aliphatic rings. The Hall–Kier alpha value is -2.24. The fraction of sp³-hybridized carbons (Fsp3) is 0.350. The highest BCUT2D eigenvalue weighted by Gasteiger charge is 2.20. The molecule has 26 heavy (non-hydrogen) atoms. The van der Waals surface area contributed by atoms with Crippen molar-refractivity contribution in [1.29, 1.82) is 0 Å². The number of hydrogen-bond acceptors (Lipinski definition) is 3. The number of amides is 2. The van der Waals surface area contributed by atoms with Gasteiger partial charge >= 0.3 is 6.03 Å². The standard InChI is InChI=1S/C20H24ClN3O2/c1-26-19-7-5-16(6-8-19)9-10-23-11-13-24(14-12-23)20(25)22-18-4-2-3-17(21)15-18/h2-8,15H,9-14H2,1H3,(H,22,25). The highest BCUT2D eigenvalue weighted by Crippen LogP contribution is 2.16. The van der Waals surface area contributed by atoms with Gasteiger partial charge < -0.3 is 15.0 Å². The fourth-order valence-corrected chi connectivity index (χ4v) is 3.21. The molecule has 1 N–H and O–H groups in total. The van der Waals surface area contributed by atoms with E-state index in [0.29, 0.717) is 5.02 Å². The van der Waals surface area contributed by atoms with Crippen molar-refractivity contribution >= 4 is 23.3 Å². The SMILES string of the molecule is COc1ccc(CCN2CCN(C(=O)Nc3cccc(Cl)c3)CC2)cc1. The summed E-state index contributed by atoms with van der Waals surface area (Å²) in [5.74, 6) is 0.882. The van der Waals surface area contributed by atoms with Crippen LogP contribution in [0, 0.1) is 0 Å². The van der Waals surface area contributed by atoms with Gasteiger partial charge in [0, 0.05) is 43.4 Å². The van der Waals surface area contributed by atoms with Crippen LogP contribution in [0.4, 0.5) is 10.5 Å². The number of carbonyl (C=O) groups is 1. The second-order valence-corrected chi connectivity index (χ2v) is 6.80. The number of benzene rings is 2. The number of halogens is 1. The molecule has 0 aliphatic carbocycles. The van der Waals surface area contributed by atoms with E-state index in [1.807, 2.05) is 29.2 Å². The number of hydrogen-bond donors (Lipinski definition) is 1. The molecule has 6 heteroatoms. The maximum atomic E-state index is 12.4. The van der Waals surface area contributed by atoms with Gasteiger partial charge in [-0.1, -0.05) is 29.8 Å². The zero-order chi connectivity index (χ0) is 18.4. The molecule has 3 rings (SSSR count). The van der Waals surface area contributed by atoms with Crippen molar-refractivity contribution in [2.75, 3.05) is 45.2 Å². The molecule has 1 saturated heterocycles. The van der Waals surface area contributed by atoms with Crippen LogP contribution in [0.25, 0.3) is 0 Å². The van der Waals surface area contributed by atoms with Crippen LogP contribution in [0.15, 0.2) is 48.5 Å². The predicted molar refractivity (Wildman–Crippen MR) is 105 cm³/mol. The van der Waals surface area contributed by atoms with Gasteiger partial charge in [-0.05, 0) is 42.3 Å². The Bertz CT molecular complexity index is 728. The third-order valence-corrected chi connectivity index (χ3v) is 4.85. The van der Waals surface area contributed by atoms with Gasteiger partial charge in [-0.25, -0.2) is 4.79 Å². The first-order chi connectivity index (χ1) is 12.6. The number of nitrogens with one attached hydrogen (secondary N) is 1. The van der Waals surface area contributed by atoms with E-state index < -0.39 is 0 Å². The van der Waals surface area contributed by atoms with Crippen molar-refractivity contribution < 1.29 is 9.53 Å². The van der Waals surface area contributed by atoms with E-state index >= 15 is 0 Å². The molecule has 1 fully saturated rings. The van der Waals surface area contributed by atoms with E-state index in [1.54, 1.807) is 19.2 Å². The van der Waals surface area contributed by atoms with E-state index in [0.717, 1.165) is 50.6 Å². The van der Waals surface area contributed by atoms with Crippen LogP contribution in [-0.2, 0) is 6.42 Å². The monoisotopic (exact) mass is 373 g/mol. The third kappa shape index (κ3) is 5.13. The maximum Gasteiger partial charge on any atom is 0.321 e. The smallest absolute Gasteiger partial charge is 0.321 e. The Morgan fingerprint density at radius 3 is 2.50 bits per heavy atom. The number of rotatable bonds is 5. The lowest BCUT2D eigenvalue weighted by atomic mass is 10.1. The lowest BCUT2D eigenvalue weighted by Crippen LogP contribution is -2.50. The molecule has 0 saturated carbocycles. The zero-order valence-corrected chi connectivity index (χ0v) is 15.7. The minimum atomic E-state index is -0.0675. The van der Waals surface area contributed by atoms with Crippen LogP contribution in [0.3, 0.4) is 0 Å². The van der Waals surface area contributed by atoms with Gasteiger partial charge in [0.05, 0.1) is 7.11 Å². The molecule has 1 aliphatic heterocycles. The average molecular weight is 374 g/mol. The van der Waals surface area contributed by atoms with Crippen LogP contribution in [-0.4, -0.2) is 55.7 Å². The van der Waals surface area contributed by atoms with Gasteiger partial charge in [0.15, 0.2) is 0 Å². The summed E-state index contributed by atoms with van der Waals surface area (Å²) < 4.78 is 5.19. The Labute approximate surface area is 159 Å². The van der Waals surface area contributed by atoms with Crippen molar-refractivity contribution in [1.82, 2.24) is 9.80 Å². The molecule has 0 aromatic heterocycles. The van der Waals surface area contributed by atoms with Crippen molar-refractivity contribution in [2.45, 2.75) is 6.42 Å². The molecule has 5 nitrogen and oxygen atoms in total. The molecule has 0 spiro atoms. The summed E-state index contributed by atoms with van der Waals surface area (Å²) in [7, 11) is 1.68. The number of anilines is 1. The number of methoxy groups -OCH3 is 1. The summed E-state index contributed by atoms with van der Waals surface area (Å²) >= 11 is 5.96. The Kier molecular flexibility index (Phi) is 6.36. The summed E-state index contributed by atoms with van der Waals surface area (Å²) in [6.07, 6.45) is 0.999. The summed E-state index contributed by atoms with van der Waals surface area (Å²) in [5, 5.41) is 3.52. The third-order valence-electron chi connectivity index (χ3n) is 4.61. The van der Waals surface area contributed by atoms with E-state index in [9.17, 15) is 4.79 Å². The van der Waals surface area contributed by atoms with Crippen LogP contribution >= 0.6 is 11.6 Å². The number of nitrogens with zero attached hydrogens (tertiary/aromatic N) is 2. The van der Waals surface area contributed by atoms with E-state index in [2.05, 4.69) is 22.3 Å². The summed E-state index contributed by atoms with van der Waals surface area (Å²) in [6, 6.07) is 15.3. The molecule has 138 valence electrons. The Morgan fingerprint density at radius 2 is 1.85 bits per heavy atom. The van der Waals surface area contributed by atoms with Crippen molar-refractivity contribution in [3.63, 3.8) is 0 Å². The minimum Gasteiger partial charge on any atom is -0.497 e. The first kappa shape index (κ1) is 18.5. The van der Waals surface area contributed by atoms with Crippen LogP contribution in [0.5, 0.6) is 5.75 Å². The normalized spacial score (nSPS) is 14.9. The first-order valence-electron chi connectivity index (χ1n) is 8.81. The number of urea groups is 1. The molecule has 2 aromatic rings. The zero-order valence-electron chi connectivity index (χ0n) is 15.0. The number of ether oxygens (including phenoxy) is 1.